The van der Waals surface area contributed by atoms with Crippen molar-refractivity contribution in [2.75, 3.05) is 6.61 Å². The molecule has 4 rings (SSSR count). The normalized spacial score (nSPS) is 22.5. The molecule has 0 N–H and O–H groups in total. The molecular weight excluding hydrogens is 418 g/mol. The smallest absolute Gasteiger partial charge is 0.297 e. The molecule has 8 heteroatoms. The van der Waals surface area contributed by atoms with E-state index in [1.165, 1.54) is 0 Å². The zero-order chi connectivity index (χ0) is 22.1. The van der Waals surface area contributed by atoms with E-state index in [1.807, 2.05) is 18.5 Å². The Kier molecular flexibility index (Phi) is 6.72. The number of carbonyl (C=O) groups excluding carboxylic acids is 1. The van der Waals surface area contributed by atoms with Crippen LogP contribution in [0.15, 0.2) is 0 Å². The van der Waals surface area contributed by atoms with Crippen molar-refractivity contribution in [2.45, 2.75) is 84.0 Å². The van der Waals surface area contributed by atoms with Crippen LogP contribution in [0, 0.1) is 12.8 Å². The minimum Gasteiger partial charge on any atom is -0.473 e. The Morgan fingerprint density at radius 3 is 2.35 bits per heavy atom. The van der Waals surface area contributed by atoms with Crippen molar-refractivity contribution in [1.82, 2.24) is 14.5 Å². The molecule has 0 amide bonds. The molecule has 2 aliphatic carbocycles. The Bertz CT molecular complexity index is 948. The average molecular weight is 450 g/mol. The molecule has 2 aliphatic rings. The summed E-state index contributed by atoms with van der Waals surface area (Å²) in [6.07, 6.45) is 6.96. The molecule has 0 aromatic carbocycles. The first-order chi connectivity index (χ1) is 14.8. The lowest BCUT2D eigenvalue weighted by Crippen LogP contribution is -2.30. The van der Waals surface area contributed by atoms with E-state index in [0.717, 1.165) is 55.3 Å². The Morgan fingerprint density at radius 1 is 1.10 bits per heavy atom. The largest absolute Gasteiger partial charge is 0.473 e. The molecule has 31 heavy (non-hydrogen) atoms. The van der Waals surface area contributed by atoms with Gasteiger partial charge in [0.2, 0.25) is 5.88 Å². The summed E-state index contributed by atoms with van der Waals surface area (Å²) in [6.45, 7) is 6.25. The summed E-state index contributed by atoms with van der Waals surface area (Å²) in [5, 5.41) is 0.495. The van der Waals surface area contributed by atoms with Gasteiger partial charge in [0, 0.05) is 20.1 Å². The lowest BCUT2D eigenvalue weighted by atomic mass is 9.95. The number of rotatable bonds is 9. The van der Waals surface area contributed by atoms with Gasteiger partial charge < -0.3 is 19.0 Å². The van der Waals surface area contributed by atoms with Crippen LogP contribution in [-0.4, -0.2) is 45.2 Å². The highest BCUT2D eigenvalue weighted by atomic mass is 35.5. The van der Waals surface area contributed by atoms with Crippen LogP contribution in [0.25, 0.3) is 11.0 Å². The molecule has 2 heterocycles. The maximum atomic E-state index is 11.2. The number of aromatic nitrogens is 3. The standard InChI is InChI=1S/C23H32ClN3O4/c1-13(11-14(2)28)12-29-16-5-7-18(8-6-16)31-23-26-20-15(3)25-22(30-17-9-10-17)19(24)21(20)27(23)4/h13,16-18H,5-12H2,1-4H3/t13-,16?,18?/m1/s1. The van der Waals surface area contributed by atoms with E-state index in [9.17, 15) is 4.79 Å². The molecule has 2 aromatic rings. The van der Waals surface area contributed by atoms with Crippen molar-refractivity contribution < 1.29 is 19.0 Å². The van der Waals surface area contributed by atoms with Crippen molar-refractivity contribution in [2.24, 2.45) is 13.0 Å². The summed E-state index contributed by atoms with van der Waals surface area (Å²) in [7, 11) is 1.92. The molecular formula is C23H32ClN3O4. The molecule has 0 saturated heterocycles. The number of ether oxygens (including phenoxy) is 3. The predicted octanol–water partition coefficient (Wildman–Crippen LogP) is 4.79. The van der Waals surface area contributed by atoms with Gasteiger partial charge in [-0.05, 0) is 58.3 Å². The van der Waals surface area contributed by atoms with E-state index in [2.05, 4.69) is 16.9 Å². The number of imidazole rings is 1. The maximum absolute atomic E-state index is 11.2. The summed E-state index contributed by atoms with van der Waals surface area (Å²) < 4.78 is 20.1. The lowest BCUT2D eigenvalue weighted by molar-refractivity contribution is -0.118. The molecule has 7 nitrogen and oxygen atoms in total. The first-order valence-electron chi connectivity index (χ1n) is 11.3. The summed E-state index contributed by atoms with van der Waals surface area (Å²) in [4.78, 5) is 20.4. The fourth-order valence-electron chi connectivity index (χ4n) is 4.18. The molecule has 0 aliphatic heterocycles. The quantitative estimate of drug-likeness (QED) is 0.547. The van der Waals surface area contributed by atoms with Gasteiger partial charge in [-0.25, -0.2) is 4.98 Å². The molecule has 2 fully saturated rings. The Morgan fingerprint density at radius 2 is 1.71 bits per heavy atom. The monoisotopic (exact) mass is 449 g/mol. The van der Waals surface area contributed by atoms with Crippen LogP contribution in [0.5, 0.6) is 11.9 Å². The first-order valence-corrected chi connectivity index (χ1v) is 11.7. The number of hydrogen-bond donors (Lipinski definition) is 0. The Balaban J connectivity index is 1.37. The molecule has 0 unspecified atom stereocenters. The van der Waals surface area contributed by atoms with E-state index >= 15 is 0 Å². The second-order valence-electron chi connectivity index (χ2n) is 9.15. The summed E-state index contributed by atoms with van der Waals surface area (Å²) in [5.41, 5.74) is 2.34. The van der Waals surface area contributed by atoms with Gasteiger partial charge in [-0.3, -0.25) is 4.57 Å². The number of nitrogens with zero attached hydrogens (tertiary/aromatic N) is 3. The minimum atomic E-state index is 0.0965. The number of hydrogen-bond acceptors (Lipinski definition) is 6. The molecule has 0 radical (unpaired) electrons. The van der Waals surface area contributed by atoms with Gasteiger partial charge in [0.15, 0.2) is 0 Å². The zero-order valence-corrected chi connectivity index (χ0v) is 19.6. The first kappa shape index (κ1) is 22.3. The molecule has 2 saturated carbocycles. The SMILES string of the molecule is CC(=O)C[C@@H](C)COC1CCC(Oc2nc3c(C)nc(OC4CC4)c(Cl)c3n2C)CC1. The van der Waals surface area contributed by atoms with E-state index in [1.54, 1.807) is 6.92 Å². The summed E-state index contributed by atoms with van der Waals surface area (Å²) in [6, 6.07) is 0.560. The highest BCUT2D eigenvalue weighted by Crippen LogP contribution is 2.38. The third kappa shape index (κ3) is 5.32. The molecule has 2 aromatic heterocycles. The maximum Gasteiger partial charge on any atom is 0.297 e. The molecule has 0 spiro atoms. The number of fused-ring (bicyclic) bond motifs is 1. The van der Waals surface area contributed by atoms with Crippen LogP contribution < -0.4 is 9.47 Å². The van der Waals surface area contributed by atoms with E-state index < -0.39 is 0 Å². The topological polar surface area (TPSA) is 75.5 Å². The van der Waals surface area contributed by atoms with E-state index in [0.29, 0.717) is 29.9 Å². The zero-order valence-electron chi connectivity index (χ0n) is 18.8. The fraction of sp³-hybridized carbons (Fsp3) is 0.696. The van der Waals surface area contributed by atoms with Crippen molar-refractivity contribution in [3.63, 3.8) is 0 Å². The second-order valence-corrected chi connectivity index (χ2v) is 9.52. The van der Waals surface area contributed by atoms with Crippen molar-refractivity contribution in [3.8, 4) is 11.9 Å². The third-order valence-corrected chi connectivity index (χ3v) is 6.35. The summed E-state index contributed by atoms with van der Waals surface area (Å²) in [5.74, 6) is 0.967. The van der Waals surface area contributed by atoms with Crippen molar-refractivity contribution in [1.29, 1.82) is 0 Å². The van der Waals surface area contributed by atoms with Crippen LogP contribution in [0.2, 0.25) is 5.02 Å². The van der Waals surface area contributed by atoms with Crippen LogP contribution in [0.3, 0.4) is 0 Å². The van der Waals surface area contributed by atoms with Gasteiger partial charge in [-0.1, -0.05) is 18.5 Å². The van der Waals surface area contributed by atoms with Gasteiger partial charge in [-0.15, -0.1) is 0 Å². The number of aryl methyl sites for hydroxylation is 2. The Labute approximate surface area is 188 Å². The van der Waals surface area contributed by atoms with Crippen LogP contribution in [0.1, 0.15) is 64.5 Å². The average Bonchev–Trinajstić information content (AvgIpc) is 3.47. The summed E-state index contributed by atoms with van der Waals surface area (Å²) >= 11 is 6.62. The Hall–Kier alpha value is -1.86. The van der Waals surface area contributed by atoms with Gasteiger partial charge >= 0.3 is 0 Å². The fourth-order valence-corrected chi connectivity index (χ4v) is 4.48. The molecule has 170 valence electrons. The van der Waals surface area contributed by atoms with Gasteiger partial charge in [0.05, 0.1) is 17.3 Å². The number of halogens is 1. The predicted molar refractivity (Wildman–Crippen MR) is 119 cm³/mol. The highest BCUT2D eigenvalue weighted by molar-refractivity contribution is 6.36. The highest BCUT2D eigenvalue weighted by Gasteiger charge is 2.29. The van der Waals surface area contributed by atoms with E-state index in [-0.39, 0.29) is 30.0 Å². The number of Topliss-reactive ketones (excluding diaryl/α,β-unsaturated/α-hetero) is 1. The molecule has 0 bridgehead atoms. The number of pyridine rings is 1. The van der Waals surface area contributed by atoms with Crippen LogP contribution in [-0.2, 0) is 16.6 Å². The van der Waals surface area contributed by atoms with Gasteiger partial charge in [0.1, 0.15) is 28.5 Å². The van der Waals surface area contributed by atoms with E-state index in [4.69, 9.17) is 25.8 Å². The third-order valence-electron chi connectivity index (χ3n) is 6.01. The van der Waals surface area contributed by atoms with Crippen LogP contribution >= 0.6 is 11.6 Å². The minimum absolute atomic E-state index is 0.0965. The number of ketones is 1. The van der Waals surface area contributed by atoms with Gasteiger partial charge in [-0.2, -0.15) is 4.98 Å². The van der Waals surface area contributed by atoms with Crippen molar-refractivity contribution >= 4 is 28.4 Å². The second kappa shape index (κ2) is 9.33. The number of carbonyl (C=O) groups is 1. The molecule has 1 atom stereocenters. The lowest BCUT2D eigenvalue weighted by Gasteiger charge is -2.29. The van der Waals surface area contributed by atoms with Crippen LogP contribution in [0.4, 0.5) is 0 Å². The van der Waals surface area contributed by atoms with Gasteiger partial charge in [0.25, 0.3) is 6.01 Å². The van der Waals surface area contributed by atoms with Crippen molar-refractivity contribution in [3.05, 3.63) is 10.7 Å².